The Morgan fingerprint density at radius 2 is 1.82 bits per heavy atom. The summed E-state index contributed by atoms with van der Waals surface area (Å²) in [6.45, 7) is 0.449. The molecule has 0 bridgehead atoms. The summed E-state index contributed by atoms with van der Waals surface area (Å²) in [7, 11) is 0. The lowest BCUT2D eigenvalue weighted by Crippen LogP contribution is -2.24. The van der Waals surface area contributed by atoms with Crippen LogP contribution in [-0.4, -0.2) is 28.6 Å². The molecule has 2 amide bonds. The summed E-state index contributed by atoms with van der Waals surface area (Å²) in [6, 6.07) is 13.5. The first kappa shape index (κ1) is 17.5. The second kappa shape index (κ2) is 7.75. The van der Waals surface area contributed by atoms with Gasteiger partial charge in [0.15, 0.2) is 11.5 Å². The van der Waals surface area contributed by atoms with Gasteiger partial charge in [-0.25, -0.2) is 0 Å². The maximum atomic E-state index is 12.5. The molecule has 0 atom stereocenters. The minimum atomic E-state index is -0.432. The van der Waals surface area contributed by atoms with Crippen LogP contribution < -0.4 is 20.1 Å². The second-order valence-electron chi connectivity index (χ2n) is 5.96. The Morgan fingerprint density at radius 3 is 2.68 bits per heavy atom. The van der Waals surface area contributed by atoms with Gasteiger partial charge in [0, 0.05) is 29.7 Å². The molecule has 0 radical (unpaired) electrons. The van der Waals surface area contributed by atoms with Gasteiger partial charge in [0.05, 0.1) is 12.2 Å². The summed E-state index contributed by atoms with van der Waals surface area (Å²) in [5.74, 6) is 0.444. The number of ether oxygens (including phenoxy) is 2. The standard InChI is InChI=1S/C20H16N4O4/c25-19(23-11-15-3-1-2-7-21-15)13-6-8-22-16(9-13)20(26)24-14-4-5-17-18(10-14)28-12-27-17/h1-10H,11-12H2,(H,23,25)(H,24,26). The quantitative estimate of drug-likeness (QED) is 0.709. The Bertz CT molecular complexity index is 1020. The lowest BCUT2D eigenvalue weighted by atomic mass is 10.2. The van der Waals surface area contributed by atoms with Crippen molar-refractivity contribution in [3.63, 3.8) is 0 Å². The van der Waals surface area contributed by atoms with Gasteiger partial charge in [0.25, 0.3) is 11.8 Å². The van der Waals surface area contributed by atoms with Crippen molar-refractivity contribution < 1.29 is 19.1 Å². The highest BCUT2D eigenvalue weighted by atomic mass is 16.7. The van der Waals surface area contributed by atoms with Crippen LogP contribution in [0.3, 0.4) is 0 Å². The highest BCUT2D eigenvalue weighted by molar-refractivity contribution is 6.04. The summed E-state index contributed by atoms with van der Waals surface area (Å²) in [4.78, 5) is 33.0. The molecule has 0 saturated heterocycles. The van der Waals surface area contributed by atoms with E-state index in [9.17, 15) is 9.59 Å². The SMILES string of the molecule is O=C(NCc1ccccn1)c1ccnc(C(=O)Nc2ccc3c(c2)OCO3)c1. The average molecular weight is 376 g/mol. The molecule has 3 aromatic rings. The van der Waals surface area contributed by atoms with E-state index in [2.05, 4.69) is 20.6 Å². The third-order valence-electron chi connectivity index (χ3n) is 4.04. The first-order chi connectivity index (χ1) is 13.7. The van der Waals surface area contributed by atoms with Crippen LogP contribution in [0.15, 0.2) is 60.9 Å². The molecular formula is C20H16N4O4. The van der Waals surface area contributed by atoms with E-state index in [4.69, 9.17) is 9.47 Å². The van der Waals surface area contributed by atoms with Gasteiger partial charge in [-0.05, 0) is 36.4 Å². The number of carbonyl (C=O) groups excluding carboxylic acids is 2. The Labute approximate surface area is 160 Å². The van der Waals surface area contributed by atoms with E-state index in [1.54, 1.807) is 36.5 Å². The van der Waals surface area contributed by atoms with E-state index in [1.807, 2.05) is 12.1 Å². The number of fused-ring (bicyclic) bond motifs is 1. The molecule has 28 heavy (non-hydrogen) atoms. The van der Waals surface area contributed by atoms with Crippen molar-refractivity contribution in [3.8, 4) is 11.5 Å². The minimum Gasteiger partial charge on any atom is -0.454 e. The number of aromatic nitrogens is 2. The van der Waals surface area contributed by atoms with Gasteiger partial charge >= 0.3 is 0 Å². The van der Waals surface area contributed by atoms with Crippen LogP contribution in [0.4, 0.5) is 5.69 Å². The molecule has 0 unspecified atom stereocenters. The molecule has 8 heteroatoms. The first-order valence-electron chi connectivity index (χ1n) is 8.54. The zero-order valence-electron chi connectivity index (χ0n) is 14.7. The minimum absolute atomic E-state index is 0.128. The number of nitrogens with zero attached hydrogens (tertiary/aromatic N) is 2. The number of nitrogens with one attached hydrogen (secondary N) is 2. The molecule has 0 aliphatic carbocycles. The number of amides is 2. The smallest absolute Gasteiger partial charge is 0.274 e. The average Bonchev–Trinajstić information content (AvgIpc) is 3.21. The van der Waals surface area contributed by atoms with Crippen molar-refractivity contribution in [2.45, 2.75) is 6.54 Å². The van der Waals surface area contributed by atoms with Gasteiger partial charge in [0.1, 0.15) is 5.69 Å². The first-order valence-corrected chi connectivity index (χ1v) is 8.54. The fourth-order valence-corrected chi connectivity index (χ4v) is 2.64. The van der Waals surface area contributed by atoms with Crippen molar-refractivity contribution in [1.82, 2.24) is 15.3 Å². The number of rotatable bonds is 5. The Balaban J connectivity index is 1.42. The molecule has 2 N–H and O–H groups in total. The van der Waals surface area contributed by atoms with Crippen LogP contribution in [-0.2, 0) is 6.54 Å². The van der Waals surface area contributed by atoms with Crippen molar-refractivity contribution in [3.05, 3.63) is 77.9 Å². The van der Waals surface area contributed by atoms with Crippen LogP contribution in [0.1, 0.15) is 26.5 Å². The Kier molecular flexibility index (Phi) is 4.83. The van der Waals surface area contributed by atoms with Crippen LogP contribution in [0.2, 0.25) is 0 Å². The van der Waals surface area contributed by atoms with E-state index in [0.717, 1.165) is 5.69 Å². The van der Waals surface area contributed by atoms with E-state index < -0.39 is 5.91 Å². The van der Waals surface area contributed by atoms with E-state index in [-0.39, 0.29) is 18.4 Å². The molecule has 0 spiro atoms. The predicted molar refractivity (Wildman–Crippen MR) is 100 cm³/mol. The molecule has 1 aliphatic heterocycles. The molecule has 1 aromatic carbocycles. The molecule has 2 aromatic heterocycles. The van der Waals surface area contributed by atoms with Gasteiger partial charge in [-0.2, -0.15) is 0 Å². The number of hydrogen-bond acceptors (Lipinski definition) is 6. The van der Waals surface area contributed by atoms with Crippen molar-refractivity contribution >= 4 is 17.5 Å². The molecule has 1 aliphatic rings. The van der Waals surface area contributed by atoms with Gasteiger partial charge in [-0.1, -0.05) is 6.07 Å². The lowest BCUT2D eigenvalue weighted by molar-refractivity contribution is 0.0950. The maximum Gasteiger partial charge on any atom is 0.274 e. The Morgan fingerprint density at radius 1 is 0.929 bits per heavy atom. The summed E-state index contributed by atoms with van der Waals surface area (Å²) in [5.41, 5.74) is 1.75. The summed E-state index contributed by atoms with van der Waals surface area (Å²) >= 11 is 0. The molecular weight excluding hydrogens is 360 g/mol. The lowest BCUT2D eigenvalue weighted by Gasteiger charge is -2.08. The molecule has 0 fully saturated rings. The fourth-order valence-electron chi connectivity index (χ4n) is 2.64. The highest BCUT2D eigenvalue weighted by Crippen LogP contribution is 2.34. The number of pyridine rings is 2. The highest BCUT2D eigenvalue weighted by Gasteiger charge is 2.16. The van der Waals surface area contributed by atoms with Crippen LogP contribution in [0.5, 0.6) is 11.5 Å². The fraction of sp³-hybridized carbons (Fsp3) is 0.100. The number of carbonyl (C=O) groups is 2. The topological polar surface area (TPSA) is 102 Å². The van der Waals surface area contributed by atoms with E-state index >= 15 is 0 Å². The van der Waals surface area contributed by atoms with Crippen LogP contribution in [0, 0.1) is 0 Å². The van der Waals surface area contributed by atoms with E-state index in [0.29, 0.717) is 29.3 Å². The Hall–Kier alpha value is -3.94. The molecule has 4 rings (SSSR count). The van der Waals surface area contributed by atoms with Crippen LogP contribution in [0.25, 0.3) is 0 Å². The molecule has 8 nitrogen and oxygen atoms in total. The summed E-state index contributed by atoms with van der Waals surface area (Å²) in [6.07, 6.45) is 3.08. The third kappa shape index (κ3) is 3.90. The van der Waals surface area contributed by atoms with Gasteiger partial charge in [0.2, 0.25) is 6.79 Å². The zero-order chi connectivity index (χ0) is 19.3. The van der Waals surface area contributed by atoms with Crippen molar-refractivity contribution in [2.75, 3.05) is 12.1 Å². The maximum absolute atomic E-state index is 12.5. The van der Waals surface area contributed by atoms with Crippen LogP contribution >= 0.6 is 0 Å². The number of anilines is 1. The third-order valence-corrected chi connectivity index (χ3v) is 4.04. The number of benzene rings is 1. The molecule has 140 valence electrons. The molecule has 3 heterocycles. The largest absolute Gasteiger partial charge is 0.454 e. The predicted octanol–water partition coefficient (Wildman–Crippen LogP) is 2.39. The second-order valence-corrected chi connectivity index (χ2v) is 5.96. The van der Waals surface area contributed by atoms with Gasteiger partial charge < -0.3 is 20.1 Å². The summed E-state index contributed by atoms with van der Waals surface area (Å²) in [5, 5.41) is 5.50. The zero-order valence-corrected chi connectivity index (χ0v) is 14.7. The van der Waals surface area contributed by atoms with Gasteiger partial charge in [-0.15, -0.1) is 0 Å². The normalized spacial score (nSPS) is 11.7. The van der Waals surface area contributed by atoms with Gasteiger partial charge in [-0.3, -0.25) is 19.6 Å². The van der Waals surface area contributed by atoms with Crippen molar-refractivity contribution in [1.29, 1.82) is 0 Å². The number of hydrogen-bond donors (Lipinski definition) is 2. The van der Waals surface area contributed by atoms with Crippen molar-refractivity contribution in [2.24, 2.45) is 0 Å². The monoisotopic (exact) mass is 376 g/mol. The van der Waals surface area contributed by atoms with E-state index in [1.165, 1.54) is 12.3 Å². The summed E-state index contributed by atoms with van der Waals surface area (Å²) < 4.78 is 10.5. The molecule has 0 saturated carbocycles.